The molecule has 0 radical (unpaired) electrons. The summed E-state index contributed by atoms with van der Waals surface area (Å²) in [4.78, 5) is 16.5. The molecule has 2 aromatic rings. The molecule has 1 aliphatic heterocycles. The summed E-state index contributed by atoms with van der Waals surface area (Å²) >= 11 is 0. The van der Waals surface area contributed by atoms with Crippen molar-refractivity contribution in [3.8, 4) is 0 Å². The van der Waals surface area contributed by atoms with Crippen molar-refractivity contribution in [1.29, 1.82) is 0 Å². The van der Waals surface area contributed by atoms with Crippen LogP contribution >= 0.6 is 0 Å². The molecule has 1 saturated heterocycles. The summed E-state index contributed by atoms with van der Waals surface area (Å²) in [6.45, 7) is 4.80. The highest BCUT2D eigenvalue weighted by atomic mass is 16.5. The number of hydrogen-bond donors (Lipinski definition) is 2. The van der Waals surface area contributed by atoms with Gasteiger partial charge in [-0.1, -0.05) is 10.3 Å². The summed E-state index contributed by atoms with van der Waals surface area (Å²) in [7, 11) is 0. The van der Waals surface area contributed by atoms with Crippen LogP contribution in [0.3, 0.4) is 0 Å². The van der Waals surface area contributed by atoms with Crippen LogP contribution in [0.25, 0.3) is 0 Å². The van der Waals surface area contributed by atoms with Crippen molar-refractivity contribution in [3.05, 3.63) is 23.5 Å². The van der Waals surface area contributed by atoms with E-state index in [1.54, 1.807) is 19.9 Å². The molecule has 0 saturated carbocycles. The Morgan fingerprint density at radius 1 is 1.26 bits per heavy atom. The quantitative estimate of drug-likeness (QED) is 0.884. The van der Waals surface area contributed by atoms with Gasteiger partial charge in [-0.05, 0) is 32.6 Å². The minimum absolute atomic E-state index is 0.174. The summed E-state index contributed by atoms with van der Waals surface area (Å²) in [5.74, 6) is 2.09. The van der Waals surface area contributed by atoms with E-state index in [0.29, 0.717) is 36.5 Å². The number of carbonyl (C=O) groups is 1. The molecule has 0 aliphatic carbocycles. The van der Waals surface area contributed by atoms with Gasteiger partial charge in [-0.2, -0.15) is 4.98 Å². The predicted octanol–water partition coefficient (Wildman–Crippen LogP) is 1.96. The molecule has 9 nitrogen and oxygen atoms in total. The number of ether oxygens (including phenoxy) is 1. The highest BCUT2D eigenvalue weighted by Crippen LogP contribution is 2.29. The third-order valence-corrected chi connectivity index (χ3v) is 3.70. The number of nitrogens with zero attached hydrogens (tertiary/aromatic N) is 3. The lowest BCUT2D eigenvalue weighted by Gasteiger charge is -2.28. The van der Waals surface area contributed by atoms with Gasteiger partial charge in [0.1, 0.15) is 11.8 Å². The summed E-state index contributed by atoms with van der Waals surface area (Å²) in [5, 5.41) is 13.1. The molecule has 3 rings (SSSR count). The molecule has 124 valence electrons. The Labute approximate surface area is 132 Å². The van der Waals surface area contributed by atoms with Crippen LogP contribution in [-0.4, -0.2) is 34.5 Å². The normalized spacial score (nSPS) is 17.0. The van der Waals surface area contributed by atoms with Crippen molar-refractivity contribution in [2.24, 2.45) is 5.92 Å². The molecule has 2 amide bonds. The third-order valence-electron chi connectivity index (χ3n) is 3.70. The maximum atomic E-state index is 12.2. The Morgan fingerprint density at radius 3 is 2.65 bits per heavy atom. The van der Waals surface area contributed by atoms with Crippen molar-refractivity contribution in [2.75, 3.05) is 18.5 Å². The van der Waals surface area contributed by atoms with Crippen LogP contribution in [0.1, 0.15) is 36.4 Å². The second-order valence-electron chi connectivity index (χ2n) is 5.53. The van der Waals surface area contributed by atoms with Crippen LogP contribution in [-0.2, 0) is 4.74 Å². The van der Waals surface area contributed by atoms with Crippen molar-refractivity contribution >= 4 is 11.8 Å². The van der Waals surface area contributed by atoms with Gasteiger partial charge in [0.25, 0.3) is 0 Å². The van der Waals surface area contributed by atoms with Gasteiger partial charge >= 0.3 is 6.03 Å². The number of aryl methyl sites for hydroxylation is 2. The van der Waals surface area contributed by atoms with Gasteiger partial charge in [0.2, 0.25) is 5.89 Å². The smallest absolute Gasteiger partial charge is 0.321 e. The van der Waals surface area contributed by atoms with E-state index < -0.39 is 6.03 Å². The van der Waals surface area contributed by atoms with E-state index in [4.69, 9.17) is 13.8 Å². The largest absolute Gasteiger partial charge is 0.381 e. The highest BCUT2D eigenvalue weighted by Gasteiger charge is 2.31. The maximum absolute atomic E-state index is 12.2. The van der Waals surface area contributed by atoms with E-state index in [-0.39, 0.29) is 12.0 Å². The van der Waals surface area contributed by atoms with Crippen LogP contribution in [0, 0.1) is 19.8 Å². The molecule has 0 spiro atoms. The Morgan fingerprint density at radius 2 is 2.04 bits per heavy atom. The molecular formula is C14H19N5O4. The lowest BCUT2D eigenvalue weighted by atomic mass is 9.91. The van der Waals surface area contributed by atoms with E-state index >= 15 is 0 Å². The van der Waals surface area contributed by atoms with E-state index in [2.05, 4.69) is 25.9 Å². The van der Waals surface area contributed by atoms with Crippen LogP contribution < -0.4 is 10.6 Å². The van der Waals surface area contributed by atoms with E-state index in [1.165, 1.54) is 0 Å². The SMILES string of the molecule is Cc1noc([C@@H](NC(=O)Nc2cc(C)on2)C2CCOCC2)n1. The van der Waals surface area contributed by atoms with Crippen molar-refractivity contribution in [2.45, 2.75) is 32.7 Å². The first-order chi connectivity index (χ1) is 11.1. The molecule has 9 heteroatoms. The average molecular weight is 321 g/mol. The summed E-state index contributed by atoms with van der Waals surface area (Å²) in [6, 6.07) is 0.874. The average Bonchev–Trinajstić information content (AvgIpc) is 3.14. The van der Waals surface area contributed by atoms with Gasteiger partial charge in [0.15, 0.2) is 11.6 Å². The number of rotatable bonds is 4. The second kappa shape index (κ2) is 6.78. The summed E-state index contributed by atoms with van der Waals surface area (Å²) in [5.41, 5.74) is 0. The van der Waals surface area contributed by atoms with E-state index in [1.807, 2.05) is 0 Å². The molecule has 1 fully saturated rings. The monoisotopic (exact) mass is 321 g/mol. The molecule has 0 unspecified atom stereocenters. The first-order valence-electron chi connectivity index (χ1n) is 7.50. The Bertz CT molecular complexity index is 662. The third kappa shape index (κ3) is 3.86. The number of urea groups is 1. The Balaban J connectivity index is 1.71. The molecule has 0 bridgehead atoms. The Kier molecular flexibility index (Phi) is 4.56. The Hall–Kier alpha value is -2.42. The van der Waals surface area contributed by atoms with Crippen LogP contribution in [0.5, 0.6) is 0 Å². The molecule has 2 N–H and O–H groups in total. The van der Waals surface area contributed by atoms with Gasteiger partial charge in [-0.25, -0.2) is 4.79 Å². The minimum Gasteiger partial charge on any atom is -0.381 e. The maximum Gasteiger partial charge on any atom is 0.321 e. The predicted molar refractivity (Wildman–Crippen MR) is 78.7 cm³/mol. The van der Waals surface area contributed by atoms with Crippen molar-refractivity contribution in [1.82, 2.24) is 20.6 Å². The first kappa shape index (κ1) is 15.5. The molecule has 3 heterocycles. The summed E-state index contributed by atoms with van der Waals surface area (Å²) < 4.78 is 15.6. The zero-order valence-corrected chi connectivity index (χ0v) is 13.0. The molecule has 1 atom stereocenters. The standard InChI is InChI=1S/C14H19N5O4/c1-8-7-11(19-22-8)16-14(20)17-12(10-3-5-21-6-4-10)13-15-9(2)18-23-13/h7,10,12H,3-6H2,1-2H3,(H2,16,17,19,20)/t12-/m0/s1. The fourth-order valence-electron chi connectivity index (χ4n) is 2.59. The molecular weight excluding hydrogens is 302 g/mol. The van der Waals surface area contributed by atoms with Gasteiger partial charge in [0, 0.05) is 19.3 Å². The molecule has 2 aromatic heterocycles. The number of anilines is 1. The number of carbonyl (C=O) groups excluding carboxylic acids is 1. The first-order valence-corrected chi connectivity index (χ1v) is 7.50. The van der Waals surface area contributed by atoms with Crippen LogP contribution in [0.4, 0.5) is 10.6 Å². The zero-order chi connectivity index (χ0) is 16.2. The van der Waals surface area contributed by atoms with Crippen molar-refractivity contribution in [3.63, 3.8) is 0 Å². The fourth-order valence-corrected chi connectivity index (χ4v) is 2.59. The lowest BCUT2D eigenvalue weighted by Crippen LogP contribution is -2.38. The number of aromatic nitrogens is 3. The second-order valence-corrected chi connectivity index (χ2v) is 5.53. The van der Waals surface area contributed by atoms with E-state index in [9.17, 15) is 4.79 Å². The van der Waals surface area contributed by atoms with E-state index in [0.717, 1.165) is 12.8 Å². The highest BCUT2D eigenvalue weighted by molar-refractivity contribution is 5.88. The van der Waals surface area contributed by atoms with Gasteiger partial charge in [-0.15, -0.1) is 0 Å². The van der Waals surface area contributed by atoms with Crippen LogP contribution in [0.2, 0.25) is 0 Å². The lowest BCUT2D eigenvalue weighted by molar-refractivity contribution is 0.0506. The number of amides is 2. The minimum atomic E-state index is -0.398. The van der Waals surface area contributed by atoms with Crippen LogP contribution in [0.15, 0.2) is 15.1 Å². The molecule has 1 aliphatic rings. The van der Waals surface area contributed by atoms with Gasteiger partial charge < -0.3 is 19.1 Å². The number of hydrogen-bond acceptors (Lipinski definition) is 7. The topological polar surface area (TPSA) is 115 Å². The van der Waals surface area contributed by atoms with Crippen molar-refractivity contribution < 1.29 is 18.6 Å². The summed E-state index contributed by atoms with van der Waals surface area (Å²) in [6.07, 6.45) is 1.63. The van der Waals surface area contributed by atoms with Gasteiger partial charge in [0.05, 0.1) is 0 Å². The molecule has 23 heavy (non-hydrogen) atoms. The number of nitrogens with one attached hydrogen (secondary N) is 2. The zero-order valence-electron chi connectivity index (χ0n) is 13.0. The fraction of sp³-hybridized carbons (Fsp3) is 0.571. The van der Waals surface area contributed by atoms with Gasteiger partial charge in [-0.3, -0.25) is 5.32 Å². The molecule has 0 aromatic carbocycles.